The monoisotopic (exact) mass is 273 g/mol. The van der Waals surface area contributed by atoms with Gasteiger partial charge < -0.3 is 0 Å². The maximum absolute atomic E-state index is 7.54. The van der Waals surface area contributed by atoms with Crippen LogP contribution in [-0.4, -0.2) is 0 Å². The van der Waals surface area contributed by atoms with Gasteiger partial charge in [-0.25, -0.2) is 0 Å². The Morgan fingerprint density at radius 2 is 1.75 bits per heavy atom. The molecule has 1 radical (unpaired) electrons. The van der Waals surface area contributed by atoms with Crippen molar-refractivity contribution >= 4 is 0 Å². The predicted molar refractivity (Wildman–Crippen MR) is 89.6 cm³/mol. The van der Waals surface area contributed by atoms with Gasteiger partial charge in [-0.05, 0) is 38.0 Å². The van der Waals surface area contributed by atoms with Gasteiger partial charge in [0.15, 0.2) is 0 Å². The molecule has 0 aromatic rings. The molecule has 0 rings (SSSR count). The van der Waals surface area contributed by atoms with Crippen molar-refractivity contribution in [3.63, 3.8) is 0 Å². The Labute approximate surface area is 128 Å². The van der Waals surface area contributed by atoms with Crippen LogP contribution < -0.4 is 0 Å². The topological polar surface area (TPSA) is 0 Å². The molecule has 113 valence electrons. The largest absolute Gasteiger partial charge is 0.0986 e. The molecule has 0 heteroatoms. The smallest absolute Gasteiger partial charge is 0.0901 e. The van der Waals surface area contributed by atoms with Crippen LogP contribution in [0.3, 0.4) is 0 Å². The highest BCUT2D eigenvalue weighted by atomic mass is 14.2. The van der Waals surface area contributed by atoms with Crippen LogP contribution in [0.25, 0.3) is 0 Å². The summed E-state index contributed by atoms with van der Waals surface area (Å²) in [6, 6.07) is 0. The molecule has 0 nitrogen and oxygen atoms in total. The normalized spacial score (nSPS) is 16.7. The van der Waals surface area contributed by atoms with Crippen molar-refractivity contribution in [2.75, 3.05) is 0 Å². The first kappa shape index (κ1) is 19.1. The van der Waals surface area contributed by atoms with Gasteiger partial charge in [0.25, 0.3) is 0 Å². The molecule has 0 aromatic carbocycles. The molecule has 0 saturated heterocycles. The van der Waals surface area contributed by atoms with E-state index < -0.39 is 0 Å². The Morgan fingerprint density at radius 3 is 2.25 bits per heavy atom. The first-order chi connectivity index (χ1) is 9.33. The molecule has 0 fully saturated rings. The van der Waals surface area contributed by atoms with Gasteiger partial charge in [-0.3, -0.25) is 0 Å². The van der Waals surface area contributed by atoms with Gasteiger partial charge >= 0.3 is 0 Å². The molecular weight excluding hydrogens is 240 g/mol. The second-order valence-electron chi connectivity index (χ2n) is 7.04. The highest BCUT2D eigenvalue weighted by molar-refractivity contribution is 5.22. The first-order valence-electron chi connectivity index (χ1n) is 8.29. The molecule has 0 N–H and O–H groups in total. The summed E-state index contributed by atoms with van der Waals surface area (Å²) in [7, 11) is 0. The van der Waals surface area contributed by atoms with Gasteiger partial charge in [0, 0.05) is 5.92 Å². The van der Waals surface area contributed by atoms with E-state index in [9.17, 15) is 0 Å². The average molecular weight is 273 g/mol. The molecule has 0 saturated carbocycles. The predicted octanol–water partition coefficient (Wildman–Crippen LogP) is 5.87. The second-order valence-corrected chi connectivity index (χ2v) is 7.04. The van der Waals surface area contributed by atoms with Crippen LogP contribution in [0, 0.1) is 47.4 Å². The third-order valence-electron chi connectivity index (χ3n) is 3.87. The van der Waals surface area contributed by atoms with Crippen LogP contribution in [0.5, 0.6) is 0 Å². The Bertz CT molecular complexity index is 346. The molecule has 0 spiro atoms. The maximum Gasteiger partial charge on any atom is 0.0901 e. The zero-order valence-electron chi connectivity index (χ0n) is 14.5. The van der Waals surface area contributed by atoms with Crippen LogP contribution in [0.4, 0.5) is 0 Å². The summed E-state index contributed by atoms with van der Waals surface area (Å²) in [5.41, 5.74) is -0.350. The number of hydrogen-bond acceptors (Lipinski definition) is 0. The summed E-state index contributed by atoms with van der Waals surface area (Å²) in [6.07, 6.45) is 14.5. The van der Waals surface area contributed by atoms with Gasteiger partial charge in [-0.1, -0.05) is 78.1 Å². The highest BCUT2D eigenvalue weighted by Gasteiger charge is 2.18. The average Bonchev–Trinajstić information content (AvgIpc) is 2.36. The second kappa shape index (κ2) is 9.94. The molecule has 3 unspecified atom stereocenters. The molecule has 3 atom stereocenters. The van der Waals surface area contributed by atoms with Crippen LogP contribution in [0.2, 0.25) is 0 Å². The summed E-state index contributed by atoms with van der Waals surface area (Å²) < 4.78 is 0. The van der Waals surface area contributed by atoms with Crippen molar-refractivity contribution in [1.29, 1.82) is 0 Å². The summed E-state index contributed by atoms with van der Waals surface area (Å²) in [5.74, 6) is 11.3. The SMILES string of the molecule is [C]#CC(C)(C#CC(C)CC(C)CCC)CCCC(C)C. The molecule has 0 aliphatic carbocycles. The summed E-state index contributed by atoms with van der Waals surface area (Å²) >= 11 is 0. The van der Waals surface area contributed by atoms with Crippen molar-refractivity contribution < 1.29 is 0 Å². The number of hydrogen-bond donors (Lipinski definition) is 0. The minimum absolute atomic E-state index is 0.350. The van der Waals surface area contributed by atoms with E-state index in [0.717, 1.165) is 24.7 Å². The van der Waals surface area contributed by atoms with Gasteiger partial charge in [-0.15, -0.1) is 0 Å². The van der Waals surface area contributed by atoms with Crippen molar-refractivity contribution in [3.8, 4) is 17.8 Å². The molecule has 20 heavy (non-hydrogen) atoms. The lowest BCUT2D eigenvalue weighted by atomic mass is 9.84. The third-order valence-corrected chi connectivity index (χ3v) is 3.87. The zero-order valence-corrected chi connectivity index (χ0v) is 14.5. The lowest BCUT2D eigenvalue weighted by Gasteiger charge is -2.18. The minimum atomic E-state index is -0.350. The lowest BCUT2D eigenvalue weighted by molar-refractivity contribution is 0.437. The van der Waals surface area contributed by atoms with Crippen molar-refractivity contribution in [3.05, 3.63) is 6.42 Å². The van der Waals surface area contributed by atoms with Gasteiger partial charge in [0.1, 0.15) is 0 Å². The standard InChI is InChI=1S/C20H33/c1-8-11-18(5)16-19(6)13-15-20(7,9-2)14-10-12-17(3)4/h17-19H,8,10-12,14,16H2,1,3-7H3. The van der Waals surface area contributed by atoms with E-state index in [4.69, 9.17) is 6.42 Å². The van der Waals surface area contributed by atoms with E-state index in [0.29, 0.717) is 5.92 Å². The van der Waals surface area contributed by atoms with Crippen LogP contribution in [-0.2, 0) is 0 Å². The fourth-order valence-electron chi connectivity index (χ4n) is 2.58. The lowest BCUT2D eigenvalue weighted by Crippen LogP contribution is -2.12. The first-order valence-corrected chi connectivity index (χ1v) is 8.29. The maximum atomic E-state index is 7.54. The quantitative estimate of drug-likeness (QED) is 0.485. The summed E-state index contributed by atoms with van der Waals surface area (Å²) in [5, 5.41) is 0. The highest BCUT2D eigenvalue weighted by Crippen LogP contribution is 2.24. The molecule has 0 amide bonds. The molecule has 0 aliphatic rings. The van der Waals surface area contributed by atoms with E-state index in [2.05, 4.69) is 59.3 Å². The molecule has 0 aliphatic heterocycles. The fraction of sp³-hybridized carbons (Fsp3) is 0.800. The summed E-state index contributed by atoms with van der Waals surface area (Å²) in [6.45, 7) is 13.3. The van der Waals surface area contributed by atoms with Crippen molar-refractivity contribution in [2.24, 2.45) is 23.2 Å². The van der Waals surface area contributed by atoms with Gasteiger partial charge in [-0.2, -0.15) is 0 Å². The number of rotatable bonds is 8. The van der Waals surface area contributed by atoms with E-state index in [1.165, 1.54) is 25.7 Å². The molecule has 0 bridgehead atoms. The van der Waals surface area contributed by atoms with E-state index in [1.54, 1.807) is 0 Å². The van der Waals surface area contributed by atoms with E-state index >= 15 is 0 Å². The fourth-order valence-corrected chi connectivity index (χ4v) is 2.58. The Hall–Kier alpha value is -0.880. The van der Waals surface area contributed by atoms with E-state index in [-0.39, 0.29) is 5.41 Å². The van der Waals surface area contributed by atoms with Crippen LogP contribution in [0.15, 0.2) is 0 Å². The van der Waals surface area contributed by atoms with Crippen molar-refractivity contribution in [2.45, 2.75) is 80.1 Å². The van der Waals surface area contributed by atoms with Crippen LogP contribution >= 0.6 is 0 Å². The molecule has 0 heterocycles. The Kier molecular flexibility index (Phi) is 9.50. The zero-order chi connectivity index (χ0) is 15.6. The Balaban J connectivity index is 4.40. The van der Waals surface area contributed by atoms with Gasteiger partial charge in [0.2, 0.25) is 0 Å². The molecular formula is C20H33. The van der Waals surface area contributed by atoms with E-state index in [1.807, 2.05) is 0 Å². The van der Waals surface area contributed by atoms with Crippen molar-refractivity contribution in [1.82, 2.24) is 0 Å². The summed E-state index contributed by atoms with van der Waals surface area (Å²) in [4.78, 5) is 0. The Morgan fingerprint density at radius 1 is 1.10 bits per heavy atom. The third kappa shape index (κ3) is 9.09. The minimum Gasteiger partial charge on any atom is -0.0986 e. The van der Waals surface area contributed by atoms with Gasteiger partial charge in [0.05, 0.1) is 5.41 Å². The molecule has 0 aromatic heterocycles. The van der Waals surface area contributed by atoms with Crippen LogP contribution in [0.1, 0.15) is 80.1 Å².